The van der Waals surface area contributed by atoms with E-state index in [9.17, 15) is 0 Å². The minimum Gasteiger partial charge on any atom is -0.370 e. The summed E-state index contributed by atoms with van der Waals surface area (Å²) in [6, 6.07) is 5.31. The van der Waals surface area contributed by atoms with E-state index in [0.29, 0.717) is 23.0 Å². The lowest BCUT2D eigenvalue weighted by Gasteiger charge is -2.00. The highest BCUT2D eigenvalue weighted by atomic mass is 16.5. The van der Waals surface area contributed by atoms with Crippen molar-refractivity contribution < 1.29 is 9.26 Å². The third-order valence-corrected chi connectivity index (χ3v) is 2.78. The van der Waals surface area contributed by atoms with Crippen LogP contribution in [0, 0.1) is 11.3 Å². The minimum absolute atomic E-state index is 0.0613. The molecule has 0 spiro atoms. The Morgan fingerprint density at radius 1 is 1.39 bits per heavy atom. The molecule has 2 aromatic heterocycles. The Kier molecular flexibility index (Phi) is 2.74. The molecule has 1 atom stereocenters. The van der Waals surface area contributed by atoms with Crippen LogP contribution >= 0.6 is 0 Å². The first-order valence-corrected chi connectivity index (χ1v) is 5.68. The summed E-state index contributed by atoms with van der Waals surface area (Å²) in [5.41, 5.74) is 1.06. The van der Waals surface area contributed by atoms with Crippen molar-refractivity contribution in [3.63, 3.8) is 0 Å². The summed E-state index contributed by atoms with van der Waals surface area (Å²) >= 11 is 0. The van der Waals surface area contributed by atoms with Crippen LogP contribution in [0.3, 0.4) is 0 Å². The van der Waals surface area contributed by atoms with Gasteiger partial charge in [-0.2, -0.15) is 10.2 Å². The second kappa shape index (κ2) is 4.55. The molecule has 0 amide bonds. The maximum Gasteiger partial charge on any atom is 0.259 e. The van der Waals surface area contributed by atoms with Crippen molar-refractivity contribution in [2.24, 2.45) is 0 Å². The third kappa shape index (κ3) is 1.96. The lowest BCUT2D eigenvalue weighted by atomic mass is 10.2. The molecule has 18 heavy (non-hydrogen) atoms. The largest absolute Gasteiger partial charge is 0.370 e. The van der Waals surface area contributed by atoms with Gasteiger partial charge in [0.2, 0.25) is 5.82 Å². The second-order valence-corrected chi connectivity index (χ2v) is 4.00. The van der Waals surface area contributed by atoms with E-state index in [1.165, 1.54) is 0 Å². The van der Waals surface area contributed by atoms with Crippen LogP contribution in [0.1, 0.15) is 30.5 Å². The summed E-state index contributed by atoms with van der Waals surface area (Å²) in [6.45, 7) is 0.743. The van der Waals surface area contributed by atoms with E-state index in [-0.39, 0.29) is 6.10 Å². The molecule has 6 nitrogen and oxygen atoms in total. The predicted molar refractivity (Wildman–Crippen MR) is 60.2 cm³/mol. The Labute approximate surface area is 103 Å². The third-order valence-electron chi connectivity index (χ3n) is 2.78. The monoisotopic (exact) mass is 242 g/mol. The van der Waals surface area contributed by atoms with Crippen molar-refractivity contribution in [2.45, 2.75) is 18.9 Å². The van der Waals surface area contributed by atoms with E-state index in [4.69, 9.17) is 14.5 Å². The number of hydrogen-bond acceptors (Lipinski definition) is 6. The molecule has 0 N–H and O–H groups in total. The molecule has 0 bridgehead atoms. The number of nitrogens with zero attached hydrogens (tertiary/aromatic N) is 4. The summed E-state index contributed by atoms with van der Waals surface area (Å²) in [4.78, 5) is 8.25. The van der Waals surface area contributed by atoms with Gasteiger partial charge in [0, 0.05) is 12.8 Å². The molecule has 3 rings (SSSR count). The molecule has 1 saturated heterocycles. The number of ether oxygens (including phenoxy) is 1. The molecule has 1 aliphatic rings. The van der Waals surface area contributed by atoms with Crippen LogP contribution in [-0.4, -0.2) is 21.7 Å². The molecule has 0 aromatic carbocycles. The van der Waals surface area contributed by atoms with Crippen LogP contribution in [0.5, 0.6) is 0 Å². The minimum atomic E-state index is -0.0613. The van der Waals surface area contributed by atoms with Crippen LogP contribution in [-0.2, 0) is 4.74 Å². The van der Waals surface area contributed by atoms with Crippen molar-refractivity contribution >= 4 is 0 Å². The fourth-order valence-corrected chi connectivity index (χ4v) is 1.85. The Morgan fingerprint density at radius 2 is 2.33 bits per heavy atom. The van der Waals surface area contributed by atoms with E-state index in [1.54, 1.807) is 18.3 Å². The van der Waals surface area contributed by atoms with Crippen molar-refractivity contribution in [1.82, 2.24) is 15.1 Å². The number of nitriles is 1. The smallest absolute Gasteiger partial charge is 0.259 e. The standard InChI is InChI=1S/C12H10N4O2/c13-6-9-4-3-8(7-14-9)12-15-11(16-18-12)10-2-1-5-17-10/h3-4,7,10H,1-2,5H2. The topological polar surface area (TPSA) is 84.8 Å². The molecule has 1 aliphatic heterocycles. The van der Waals surface area contributed by atoms with Crippen molar-refractivity contribution in [2.75, 3.05) is 6.61 Å². The van der Waals surface area contributed by atoms with Crippen molar-refractivity contribution in [1.29, 1.82) is 5.26 Å². The molecule has 1 fully saturated rings. The fraction of sp³-hybridized carbons (Fsp3) is 0.333. The predicted octanol–water partition coefficient (Wildman–Crippen LogP) is 1.85. The summed E-state index contributed by atoms with van der Waals surface area (Å²) < 4.78 is 10.7. The van der Waals surface area contributed by atoms with E-state index in [0.717, 1.165) is 19.4 Å². The van der Waals surface area contributed by atoms with Crippen molar-refractivity contribution in [3.8, 4) is 17.5 Å². The van der Waals surface area contributed by atoms with Gasteiger partial charge >= 0.3 is 0 Å². The van der Waals surface area contributed by atoms with E-state index in [2.05, 4.69) is 15.1 Å². The fourth-order valence-electron chi connectivity index (χ4n) is 1.85. The molecule has 1 unspecified atom stereocenters. The number of pyridine rings is 1. The molecular formula is C12H10N4O2. The van der Waals surface area contributed by atoms with Crippen LogP contribution in [0.25, 0.3) is 11.5 Å². The Bertz CT molecular complexity index is 579. The first-order chi connectivity index (χ1) is 8.86. The van der Waals surface area contributed by atoms with E-state index in [1.807, 2.05) is 6.07 Å². The Hall–Kier alpha value is -2.26. The van der Waals surface area contributed by atoms with Gasteiger partial charge in [-0.05, 0) is 25.0 Å². The highest BCUT2D eigenvalue weighted by molar-refractivity contribution is 5.51. The van der Waals surface area contributed by atoms with Gasteiger partial charge in [0.05, 0.1) is 5.56 Å². The molecule has 0 aliphatic carbocycles. The molecule has 6 heteroatoms. The first kappa shape index (κ1) is 10.9. The van der Waals surface area contributed by atoms with Crippen LogP contribution in [0.4, 0.5) is 0 Å². The summed E-state index contributed by atoms with van der Waals surface area (Å²) in [7, 11) is 0. The van der Waals surface area contributed by atoms with Crippen LogP contribution < -0.4 is 0 Å². The highest BCUT2D eigenvalue weighted by Gasteiger charge is 2.23. The van der Waals surface area contributed by atoms with Gasteiger partial charge in [0.1, 0.15) is 17.9 Å². The van der Waals surface area contributed by atoms with Crippen LogP contribution in [0.15, 0.2) is 22.9 Å². The van der Waals surface area contributed by atoms with E-state index < -0.39 is 0 Å². The lowest BCUT2D eigenvalue weighted by molar-refractivity contribution is 0.103. The zero-order valence-electron chi connectivity index (χ0n) is 9.54. The quantitative estimate of drug-likeness (QED) is 0.798. The summed E-state index contributed by atoms with van der Waals surface area (Å²) in [6.07, 6.45) is 3.43. The lowest BCUT2D eigenvalue weighted by Crippen LogP contribution is -1.97. The number of rotatable bonds is 2. The van der Waals surface area contributed by atoms with Gasteiger partial charge < -0.3 is 9.26 Å². The first-order valence-electron chi connectivity index (χ1n) is 5.68. The summed E-state index contributed by atoms with van der Waals surface area (Å²) in [5.74, 6) is 0.976. The van der Waals surface area contributed by atoms with Gasteiger partial charge in [0.15, 0.2) is 0 Å². The SMILES string of the molecule is N#Cc1ccc(-c2nc(C3CCCO3)no2)cn1. The molecule has 3 heterocycles. The van der Waals surface area contributed by atoms with Gasteiger partial charge in [-0.3, -0.25) is 0 Å². The zero-order valence-corrected chi connectivity index (χ0v) is 9.54. The molecule has 90 valence electrons. The number of aromatic nitrogens is 3. The maximum atomic E-state index is 8.67. The normalized spacial score (nSPS) is 18.7. The Morgan fingerprint density at radius 3 is 3.00 bits per heavy atom. The molecule has 0 radical (unpaired) electrons. The molecular weight excluding hydrogens is 232 g/mol. The Balaban J connectivity index is 1.85. The van der Waals surface area contributed by atoms with Gasteiger partial charge in [0.25, 0.3) is 5.89 Å². The molecule has 0 saturated carbocycles. The highest BCUT2D eigenvalue weighted by Crippen LogP contribution is 2.27. The second-order valence-electron chi connectivity index (χ2n) is 4.00. The van der Waals surface area contributed by atoms with E-state index >= 15 is 0 Å². The molecule has 2 aromatic rings. The van der Waals surface area contributed by atoms with Gasteiger partial charge in [-0.1, -0.05) is 5.16 Å². The van der Waals surface area contributed by atoms with Crippen molar-refractivity contribution in [3.05, 3.63) is 29.8 Å². The number of hydrogen-bond donors (Lipinski definition) is 0. The van der Waals surface area contributed by atoms with Crippen LogP contribution in [0.2, 0.25) is 0 Å². The zero-order chi connectivity index (χ0) is 12.4. The van der Waals surface area contributed by atoms with Gasteiger partial charge in [-0.25, -0.2) is 4.98 Å². The maximum absolute atomic E-state index is 8.67. The average Bonchev–Trinajstić information content (AvgIpc) is 3.09. The van der Waals surface area contributed by atoms with Gasteiger partial charge in [-0.15, -0.1) is 0 Å². The summed E-state index contributed by atoms with van der Waals surface area (Å²) in [5, 5.41) is 12.6. The average molecular weight is 242 g/mol.